The van der Waals surface area contributed by atoms with E-state index in [0.29, 0.717) is 11.3 Å². The van der Waals surface area contributed by atoms with Crippen molar-refractivity contribution in [3.8, 4) is 0 Å². The predicted octanol–water partition coefficient (Wildman–Crippen LogP) is 2.52. The first-order valence-corrected chi connectivity index (χ1v) is 6.26. The summed E-state index contributed by atoms with van der Waals surface area (Å²) >= 11 is 1.35. The molecule has 19 heavy (non-hydrogen) atoms. The number of hydrogen-bond donors (Lipinski definition) is 1. The van der Waals surface area contributed by atoms with E-state index in [1.165, 1.54) is 23.5 Å². The molecule has 2 rings (SSSR count). The molecule has 1 aromatic carbocycles. The zero-order valence-electron chi connectivity index (χ0n) is 10.2. The third-order valence-corrected chi connectivity index (χ3v) is 3.47. The summed E-state index contributed by atoms with van der Waals surface area (Å²) < 4.78 is 1.60. The van der Waals surface area contributed by atoms with Gasteiger partial charge in [-0.05, 0) is 12.0 Å². The molecule has 0 aliphatic heterocycles. The Kier molecular flexibility index (Phi) is 5.37. The van der Waals surface area contributed by atoms with Gasteiger partial charge in [0.2, 0.25) is 4.80 Å². The number of rotatable bonds is 4. The molecule has 8 heteroatoms. The Balaban J connectivity index is 0.00000180. The highest BCUT2D eigenvalue weighted by molar-refractivity contribution is 8.93. The minimum atomic E-state index is -0.426. The maximum absolute atomic E-state index is 10.5. The van der Waals surface area contributed by atoms with Gasteiger partial charge in [-0.3, -0.25) is 15.5 Å². The second-order valence-electron chi connectivity index (χ2n) is 3.74. The van der Waals surface area contributed by atoms with Gasteiger partial charge in [0.25, 0.3) is 5.69 Å². The van der Waals surface area contributed by atoms with Crippen LogP contribution in [0.4, 0.5) is 5.69 Å². The van der Waals surface area contributed by atoms with Crippen LogP contribution in [0.1, 0.15) is 17.5 Å². The molecule has 0 unspecified atom stereocenters. The number of halogens is 1. The second-order valence-corrected chi connectivity index (χ2v) is 4.80. The van der Waals surface area contributed by atoms with E-state index in [1.807, 2.05) is 6.92 Å². The maximum Gasteiger partial charge on any atom is 0.269 e. The molecule has 0 saturated heterocycles. The van der Waals surface area contributed by atoms with Gasteiger partial charge in [-0.2, -0.15) is 5.10 Å². The van der Waals surface area contributed by atoms with Gasteiger partial charge >= 0.3 is 0 Å². The maximum atomic E-state index is 10.5. The zero-order chi connectivity index (χ0) is 13.1. The van der Waals surface area contributed by atoms with Crippen LogP contribution in [0.2, 0.25) is 0 Å². The SMILES string of the molecule is Br.CCc1nn(Cc2ccc([N+](=O)[O-])cc2)c(=N)s1. The largest absolute Gasteiger partial charge is 0.274 e. The summed E-state index contributed by atoms with van der Waals surface area (Å²) in [6, 6.07) is 6.31. The van der Waals surface area contributed by atoms with E-state index in [2.05, 4.69) is 5.10 Å². The Hall–Kier alpha value is -1.54. The van der Waals surface area contributed by atoms with Crippen molar-refractivity contribution in [2.45, 2.75) is 19.9 Å². The summed E-state index contributed by atoms with van der Waals surface area (Å²) in [5.41, 5.74) is 0.967. The van der Waals surface area contributed by atoms with Gasteiger partial charge in [0.05, 0.1) is 11.5 Å². The minimum absolute atomic E-state index is 0. The van der Waals surface area contributed by atoms with E-state index in [-0.39, 0.29) is 22.7 Å². The van der Waals surface area contributed by atoms with Crippen LogP contribution in [0.3, 0.4) is 0 Å². The summed E-state index contributed by atoms with van der Waals surface area (Å²) in [6.45, 7) is 2.46. The summed E-state index contributed by atoms with van der Waals surface area (Å²) in [6.07, 6.45) is 0.809. The first kappa shape index (κ1) is 15.5. The minimum Gasteiger partial charge on any atom is -0.274 e. The fraction of sp³-hybridized carbons (Fsp3) is 0.273. The van der Waals surface area contributed by atoms with Crippen molar-refractivity contribution in [2.24, 2.45) is 0 Å². The lowest BCUT2D eigenvalue weighted by Gasteiger charge is -2.00. The van der Waals surface area contributed by atoms with Crippen molar-refractivity contribution >= 4 is 34.0 Å². The molecule has 1 heterocycles. The highest BCUT2D eigenvalue weighted by Gasteiger charge is 2.06. The van der Waals surface area contributed by atoms with Crippen molar-refractivity contribution in [1.82, 2.24) is 9.78 Å². The molecule has 0 fully saturated rings. The third kappa shape index (κ3) is 3.71. The summed E-state index contributed by atoms with van der Waals surface area (Å²) in [5.74, 6) is 0. The van der Waals surface area contributed by atoms with Gasteiger partial charge < -0.3 is 0 Å². The number of aromatic nitrogens is 2. The highest BCUT2D eigenvalue weighted by Crippen LogP contribution is 2.12. The molecule has 0 bridgehead atoms. The lowest BCUT2D eigenvalue weighted by atomic mass is 10.2. The molecular weight excluding hydrogens is 332 g/mol. The van der Waals surface area contributed by atoms with Crippen LogP contribution in [0.25, 0.3) is 0 Å². The Morgan fingerprint density at radius 1 is 1.42 bits per heavy atom. The van der Waals surface area contributed by atoms with Gasteiger partial charge in [-0.25, -0.2) is 4.68 Å². The number of non-ortho nitro benzene ring substituents is 1. The van der Waals surface area contributed by atoms with Gasteiger partial charge in [0, 0.05) is 12.1 Å². The molecule has 1 N–H and O–H groups in total. The van der Waals surface area contributed by atoms with Gasteiger partial charge in [-0.15, -0.1) is 17.0 Å². The molecule has 0 amide bonds. The van der Waals surface area contributed by atoms with Crippen LogP contribution in [0, 0.1) is 15.5 Å². The summed E-state index contributed by atoms with van der Waals surface area (Å²) in [4.78, 5) is 10.5. The van der Waals surface area contributed by atoms with E-state index < -0.39 is 4.92 Å². The average molecular weight is 345 g/mol. The molecule has 0 spiro atoms. The first-order valence-electron chi connectivity index (χ1n) is 5.45. The van der Waals surface area contributed by atoms with Gasteiger partial charge in [0.15, 0.2) is 0 Å². The fourth-order valence-corrected chi connectivity index (χ4v) is 2.23. The number of aryl methyl sites for hydroxylation is 1. The molecule has 0 atom stereocenters. The normalized spacial score (nSPS) is 9.95. The lowest BCUT2D eigenvalue weighted by Crippen LogP contribution is -2.15. The number of nitrogens with one attached hydrogen (secondary N) is 1. The fourth-order valence-electron chi connectivity index (χ4n) is 1.51. The van der Waals surface area contributed by atoms with Crippen molar-refractivity contribution in [1.29, 1.82) is 5.41 Å². The topological polar surface area (TPSA) is 84.8 Å². The molecule has 2 aromatic rings. The Bertz CT molecular complexity index is 620. The second kappa shape index (κ2) is 6.58. The number of nitro benzene ring substituents is 1. The van der Waals surface area contributed by atoms with Crippen LogP contribution in [0.5, 0.6) is 0 Å². The van der Waals surface area contributed by atoms with E-state index in [4.69, 9.17) is 5.41 Å². The van der Waals surface area contributed by atoms with Crippen LogP contribution in [-0.4, -0.2) is 14.7 Å². The standard InChI is InChI=1S/C11H12N4O2S.BrH/c1-2-10-13-14(11(12)18-10)7-8-3-5-9(6-4-8)15(16)17;/h3-6,12H,2,7H2,1H3;1H. The van der Waals surface area contributed by atoms with Crippen LogP contribution in [-0.2, 0) is 13.0 Å². The van der Waals surface area contributed by atoms with Gasteiger partial charge in [0.1, 0.15) is 5.01 Å². The molecule has 6 nitrogen and oxygen atoms in total. The quantitative estimate of drug-likeness (QED) is 0.683. The molecule has 0 saturated carbocycles. The third-order valence-electron chi connectivity index (χ3n) is 2.46. The van der Waals surface area contributed by atoms with Gasteiger partial charge in [-0.1, -0.05) is 30.4 Å². The first-order chi connectivity index (χ1) is 8.60. The van der Waals surface area contributed by atoms with Crippen LogP contribution in [0.15, 0.2) is 24.3 Å². The Morgan fingerprint density at radius 3 is 2.53 bits per heavy atom. The van der Waals surface area contributed by atoms with Crippen LogP contribution < -0.4 is 4.80 Å². The monoisotopic (exact) mass is 344 g/mol. The summed E-state index contributed by atoms with van der Waals surface area (Å²) in [7, 11) is 0. The molecule has 0 aliphatic rings. The van der Waals surface area contributed by atoms with E-state index in [0.717, 1.165) is 17.0 Å². The average Bonchev–Trinajstić information content (AvgIpc) is 2.71. The van der Waals surface area contributed by atoms with E-state index in [9.17, 15) is 10.1 Å². The van der Waals surface area contributed by atoms with Crippen molar-refractivity contribution in [2.75, 3.05) is 0 Å². The van der Waals surface area contributed by atoms with E-state index >= 15 is 0 Å². The highest BCUT2D eigenvalue weighted by atomic mass is 79.9. The molecule has 1 aromatic heterocycles. The summed E-state index contributed by atoms with van der Waals surface area (Å²) in [5, 5.41) is 23.5. The van der Waals surface area contributed by atoms with Crippen LogP contribution >= 0.6 is 28.3 Å². The number of nitrogens with zero attached hydrogens (tertiary/aromatic N) is 3. The Morgan fingerprint density at radius 2 is 2.05 bits per heavy atom. The lowest BCUT2D eigenvalue weighted by molar-refractivity contribution is -0.384. The number of hydrogen-bond acceptors (Lipinski definition) is 5. The molecule has 0 radical (unpaired) electrons. The molecule has 0 aliphatic carbocycles. The van der Waals surface area contributed by atoms with Crippen molar-refractivity contribution in [3.05, 3.63) is 49.8 Å². The van der Waals surface area contributed by atoms with E-state index in [1.54, 1.807) is 16.8 Å². The smallest absolute Gasteiger partial charge is 0.269 e. The zero-order valence-corrected chi connectivity index (χ0v) is 12.7. The Labute approximate surface area is 124 Å². The molecular formula is C11H13BrN4O2S. The molecule has 102 valence electrons. The predicted molar refractivity (Wildman–Crippen MR) is 77.9 cm³/mol. The van der Waals surface area contributed by atoms with Crippen molar-refractivity contribution in [3.63, 3.8) is 0 Å². The number of benzene rings is 1. The van der Waals surface area contributed by atoms with Crippen molar-refractivity contribution < 1.29 is 4.92 Å². The number of nitro groups is 1.